The van der Waals surface area contributed by atoms with Crippen LogP contribution in [0.25, 0.3) is 0 Å². The topological polar surface area (TPSA) is 66.0 Å². The van der Waals surface area contributed by atoms with Crippen molar-refractivity contribution in [2.75, 3.05) is 38.7 Å². The summed E-state index contributed by atoms with van der Waals surface area (Å²) in [5.41, 5.74) is 1.23. The van der Waals surface area contributed by atoms with Gasteiger partial charge in [-0.2, -0.15) is 0 Å². The number of nitrogens with zero attached hydrogens (tertiary/aromatic N) is 2. The molecule has 0 radical (unpaired) electrons. The second-order valence-corrected chi connectivity index (χ2v) is 6.91. The molecular weight excluding hydrogens is 384 g/mol. The van der Waals surface area contributed by atoms with E-state index in [9.17, 15) is 4.79 Å². The Balaban J connectivity index is 1.72. The van der Waals surface area contributed by atoms with Crippen molar-refractivity contribution in [3.05, 3.63) is 28.7 Å². The molecule has 138 valence electrons. The number of benzene rings is 1. The van der Waals surface area contributed by atoms with Crippen LogP contribution in [0.1, 0.15) is 25.7 Å². The monoisotopic (exact) mass is 410 g/mol. The van der Waals surface area contributed by atoms with E-state index in [1.807, 2.05) is 6.07 Å². The largest absolute Gasteiger partial charge is 0.469 e. The molecule has 0 amide bonds. The molecule has 1 fully saturated rings. The number of carbonyl (C=O) groups is 1. The quantitative estimate of drug-likeness (QED) is 0.313. The van der Waals surface area contributed by atoms with E-state index in [1.54, 1.807) is 7.05 Å². The number of esters is 1. The van der Waals surface area contributed by atoms with Crippen LogP contribution in [-0.4, -0.2) is 51.8 Å². The van der Waals surface area contributed by atoms with Gasteiger partial charge in [-0.1, -0.05) is 12.1 Å². The van der Waals surface area contributed by atoms with Gasteiger partial charge < -0.3 is 20.3 Å². The summed E-state index contributed by atoms with van der Waals surface area (Å²) in [6.45, 7) is 2.76. The van der Waals surface area contributed by atoms with Crippen molar-refractivity contribution in [1.82, 2.24) is 10.6 Å². The summed E-state index contributed by atoms with van der Waals surface area (Å²) >= 11 is 3.62. The van der Waals surface area contributed by atoms with Crippen LogP contribution in [0.15, 0.2) is 33.7 Å². The first-order valence-electron chi connectivity index (χ1n) is 8.67. The van der Waals surface area contributed by atoms with E-state index in [4.69, 9.17) is 0 Å². The first-order chi connectivity index (χ1) is 12.1. The smallest absolute Gasteiger partial charge is 0.305 e. The molecule has 25 heavy (non-hydrogen) atoms. The number of nitrogens with one attached hydrogen (secondary N) is 2. The Morgan fingerprint density at radius 1 is 1.40 bits per heavy atom. The summed E-state index contributed by atoms with van der Waals surface area (Å²) in [4.78, 5) is 17.8. The molecule has 7 heteroatoms. The molecule has 1 aliphatic heterocycles. The number of aliphatic imine (C=N–C) groups is 1. The number of hydrogen-bond donors (Lipinski definition) is 2. The second kappa shape index (κ2) is 10.3. The van der Waals surface area contributed by atoms with Gasteiger partial charge in [0.2, 0.25) is 0 Å². The standard InChI is InChI=1S/C18H27BrN4O2/c1-20-18(21-11-6-5-9-17(24)25-2)22-14-10-12-23(13-14)16-8-4-3-7-15(16)19/h3-4,7-8,14H,5-6,9-13H2,1-2H3,(H2,20,21,22). The van der Waals surface area contributed by atoms with Gasteiger partial charge in [-0.3, -0.25) is 9.79 Å². The third kappa shape index (κ3) is 6.23. The Kier molecular flexibility index (Phi) is 8.04. The number of para-hydroxylation sites is 1. The summed E-state index contributed by atoms with van der Waals surface area (Å²) in [6.07, 6.45) is 3.26. The molecule has 6 nitrogen and oxygen atoms in total. The second-order valence-electron chi connectivity index (χ2n) is 6.06. The molecule has 1 unspecified atom stereocenters. The van der Waals surface area contributed by atoms with Crippen LogP contribution >= 0.6 is 15.9 Å². The maximum absolute atomic E-state index is 11.1. The number of unbranched alkanes of at least 4 members (excludes halogenated alkanes) is 1. The maximum Gasteiger partial charge on any atom is 0.305 e. The lowest BCUT2D eigenvalue weighted by molar-refractivity contribution is -0.140. The molecule has 1 saturated heterocycles. The molecule has 0 aromatic heterocycles. The highest BCUT2D eigenvalue weighted by Gasteiger charge is 2.24. The number of guanidine groups is 1. The lowest BCUT2D eigenvalue weighted by Crippen LogP contribution is -2.44. The molecule has 0 spiro atoms. The summed E-state index contributed by atoms with van der Waals surface area (Å²) < 4.78 is 5.77. The molecule has 1 heterocycles. The minimum absolute atomic E-state index is 0.152. The van der Waals surface area contributed by atoms with Gasteiger partial charge >= 0.3 is 5.97 Å². The Bertz CT molecular complexity index is 594. The average Bonchev–Trinajstić information content (AvgIpc) is 3.08. The highest BCUT2D eigenvalue weighted by atomic mass is 79.9. The van der Waals surface area contributed by atoms with Crippen molar-refractivity contribution in [3.63, 3.8) is 0 Å². The molecule has 2 rings (SSSR count). The maximum atomic E-state index is 11.1. The van der Waals surface area contributed by atoms with E-state index >= 15 is 0 Å². The predicted octanol–water partition coefficient (Wildman–Crippen LogP) is 2.54. The minimum atomic E-state index is -0.152. The van der Waals surface area contributed by atoms with Crippen molar-refractivity contribution in [2.45, 2.75) is 31.7 Å². The van der Waals surface area contributed by atoms with Gasteiger partial charge in [0.15, 0.2) is 5.96 Å². The van der Waals surface area contributed by atoms with E-state index in [-0.39, 0.29) is 5.97 Å². The van der Waals surface area contributed by atoms with E-state index in [0.717, 1.165) is 49.3 Å². The highest BCUT2D eigenvalue weighted by Crippen LogP contribution is 2.28. The summed E-state index contributed by atoms with van der Waals surface area (Å²) in [5.74, 6) is 0.665. The van der Waals surface area contributed by atoms with Crippen LogP contribution < -0.4 is 15.5 Å². The Morgan fingerprint density at radius 3 is 2.92 bits per heavy atom. The van der Waals surface area contributed by atoms with Crippen LogP contribution in [0.2, 0.25) is 0 Å². The summed E-state index contributed by atoms with van der Waals surface area (Å²) in [5, 5.41) is 6.80. The number of rotatable bonds is 7. The predicted molar refractivity (Wildman–Crippen MR) is 105 cm³/mol. The van der Waals surface area contributed by atoms with Gasteiger partial charge in [-0.25, -0.2) is 0 Å². The number of hydrogen-bond acceptors (Lipinski definition) is 4. The third-order valence-corrected chi connectivity index (χ3v) is 4.94. The number of halogens is 1. The molecule has 1 aromatic carbocycles. The fraction of sp³-hybridized carbons (Fsp3) is 0.556. The number of anilines is 1. The molecule has 0 aliphatic carbocycles. The van der Waals surface area contributed by atoms with Crippen LogP contribution in [0.4, 0.5) is 5.69 Å². The lowest BCUT2D eigenvalue weighted by Gasteiger charge is -2.21. The van der Waals surface area contributed by atoms with Crippen LogP contribution in [0, 0.1) is 0 Å². The highest BCUT2D eigenvalue weighted by molar-refractivity contribution is 9.10. The molecule has 1 atom stereocenters. The zero-order valence-corrected chi connectivity index (χ0v) is 16.5. The first kappa shape index (κ1) is 19.6. The molecule has 2 N–H and O–H groups in total. The first-order valence-corrected chi connectivity index (χ1v) is 9.46. The molecule has 0 saturated carbocycles. The zero-order chi connectivity index (χ0) is 18.1. The lowest BCUT2D eigenvalue weighted by atomic mass is 10.2. The molecular formula is C18H27BrN4O2. The fourth-order valence-electron chi connectivity index (χ4n) is 2.90. The minimum Gasteiger partial charge on any atom is -0.469 e. The average molecular weight is 411 g/mol. The van der Waals surface area contributed by atoms with E-state index < -0.39 is 0 Å². The molecule has 1 aromatic rings. The van der Waals surface area contributed by atoms with Crippen LogP contribution in [0.3, 0.4) is 0 Å². The summed E-state index contributed by atoms with van der Waals surface area (Å²) in [6, 6.07) is 8.68. The van der Waals surface area contributed by atoms with Gasteiger partial charge in [0.25, 0.3) is 0 Å². The van der Waals surface area contributed by atoms with Crippen molar-refractivity contribution < 1.29 is 9.53 Å². The number of carbonyl (C=O) groups excluding carboxylic acids is 1. The Morgan fingerprint density at radius 2 is 2.20 bits per heavy atom. The fourth-order valence-corrected chi connectivity index (χ4v) is 3.43. The van der Waals surface area contributed by atoms with E-state index in [1.165, 1.54) is 12.8 Å². The normalized spacial score (nSPS) is 17.5. The van der Waals surface area contributed by atoms with Crippen molar-refractivity contribution in [2.24, 2.45) is 4.99 Å². The number of ether oxygens (including phenoxy) is 1. The van der Waals surface area contributed by atoms with Gasteiger partial charge in [0.1, 0.15) is 0 Å². The van der Waals surface area contributed by atoms with Crippen LogP contribution in [0.5, 0.6) is 0 Å². The van der Waals surface area contributed by atoms with Crippen molar-refractivity contribution >= 4 is 33.5 Å². The van der Waals surface area contributed by atoms with Crippen molar-refractivity contribution in [1.29, 1.82) is 0 Å². The summed E-state index contributed by atoms with van der Waals surface area (Å²) in [7, 11) is 3.20. The van der Waals surface area contributed by atoms with Crippen molar-refractivity contribution in [3.8, 4) is 0 Å². The van der Waals surface area contributed by atoms with Gasteiger partial charge in [0.05, 0.1) is 12.8 Å². The molecule has 0 bridgehead atoms. The SMILES string of the molecule is CN=C(NCCCCC(=O)OC)NC1CCN(c2ccccc2Br)C1. The van der Waals surface area contributed by atoms with Gasteiger partial charge in [0, 0.05) is 43.6 Å². The Labute approximate surface area is 158 Å². The van der Waals surface area contributed by atoms with Gasteiger partial charge in [-0.15, -0.1) is 0 Å². The molecule has 1 aliphatic rings. The Hall–Kier alpha value is -1.76. The van der Waals surface area contributed by atoms with Crippen LogP contribution in [-0.2, 0) is 9.53 Å². The van der Waals surface area contributed by atoms with Gasteiger partial charge in [-0.05, 0) is 47.3 Å². The third-order valence-electron chi connectivity index (χ3n) is 4.27. The van der Waals surface area contributed by atoms with E-state index in [0.29, 0.717) is 12.5 Å². The zero-order valence-electron chi connectivity index (χ0n) is 14.9. The van der Waals surface area contributed by atoms with E-state index in [2.05, 4.69) is 59.4 Å². The number of methoxy groups -OCH3 is 1.